The van der Waals surface area contributed by atoms with Crippen molar-refractivity contribution in [2.75, 3.05) is 19.8 Å². The van der Waals surface area contributed by atoms with Gasteiger partial charge < -0.3 is 110 Å². The Hall–Kier alpha value is -2.35. The lowest BCUT2D eigenvalue weighted by Gasteiger charge is -2.49. The van der Waals surface area contributed by atoms with E-state index >= 15 is 0 Å². The molecule has 0 saturated carbocycles. The van der Waals surface area contributed by atoms with Crippen LogP contribution in [-0.2, 0) is 47.5 Å². The van der Waals surface area contributed by atoms with Crippen LogP contribution in [0.4, 0.5) is 0 Å². The fraction of sp³-hybridized carbons (Fsp3) is 0.903. The molecule has 15 N–H and O–H groups in total. The number of amides is 2. The number of aliphatic hydroxyl groups is 12. The molecule has 324 valence electrons. The van der Waals surface area contributed by atoms with Crippen molar-refractivity contribution in [2.24, 2.45) is 0 Å². The lowest BCUT2D eigenvalue weighted by Crippen LogP contribution is -2.69. The Bertz CT molecular complexity index is 1330. The first kappa shape index (κ1) is 46.3. The Morgan fingerprint density at radius 3 is 1.86 bits per heavy atom. The maximum absolute atomic E-state index is 12.6. The number of hydrogen-bond donors (Lipinski definition) is 15. The molecule has 56 heavy (non-hydrogen) atoms. The molecule has 4 aliphatic heterocycles. The molecule has 0 aromatic heterocycles. The third-order valence-electron chi connectivity index (χ3n) is 9.94. The molecule has 25 heteroatoms. The van der Waals surface area contributed by atoms with E-state index in [9.17, 15) is 80.8 Å². The zero-order valence-electron chi connectivity index (χ0n) is 30.3. The molecule has 2 amide bonds. The van der Waals surface area contributed by atoms with E-state index in [0.29, 0.717) is 0 Å². The molecular weight excluding hydrogens is 768 g/mol. The molecular formula is C31H52N2O23. The van der Waals surface area contributed by atoms with Gasteiger partial charge >= 0.3 is 5.97 Å². The molecule has 4 aliphatic rings. The van der Waals surface area contributed by atoms with E-state index in [1.54, 1.807) is 0 Å². The molecule has 4 rings (SSSR count). The van der Waals surface area contributed by atoms with E-state index in [0.717, 1.165) is 13.8 Å². The first-order chi connectivity index (χ1) is 26.2. The smallest absolute Gasteiger partial charge is 0.364 e. The van der Waals surface area contributed by atoms with Crippen LogP contribution in [0.3, 0.4) is 0 Å². The van der Waals surface area contributed by atoms with E-state index in [-0.39, 0.29) is 0 Å². The third kappa shape index (κ3) is 9.91. The van der Waals surface area contributed by atoms with Crippen LogP contribution in [0.25, 0.3) is 0 Å². The second-order valence-corrected chi connectivity index (χ2v) is 14.1. The first-order valence-electron chi connectivity index (χ1n) is 17.6. The maximum atomic E-state index is 12.6. The Labute approximate surface area is 317 Å². The summed E-state index contributed by atoms with van der Waals surface area (Å²) in [5.74, 6) is -6.33. The van der Waals surface area contributed by atoms with Crippen LogP contribution >= 0.6 is 0 Å². The third-order valence-corrected chi connectivity index (χ3v) is 9.94. The Morgan fingerprint density at radius 1 is 0.750 bits per heavy atom. The molecule has 0 aromatic rings. The van der Waals surface area contributed by atoms with Gasteiger partial charge in [-0.3, -0.25) is 9.59 Å². The Balaban J connectivity index is 1.61. The summed E-state index contributed by atoms with van der Waals surface area (Å²) in [6.07, 6.45) is -34.2. The Kier molecular flexibility index (Phi) is 15.8. The quantitative estimate of drug-likeness (QED) is 0.0773. The van der Waals surface area contributed by atoms with Crippen molar-refractivity contribution in [3.05, 3.63) is 0 Å². The minimum Gasteiger partial charge on any atom is -0.477 e. The monoisotopic (exact) mass is 820 g/mol. The van der Waals surface area contributed by atoms with Gasteiger partial charge in [-0.05, 0) is 6.92 Å². The van der Waals surface area contributed by atoms with Gasteiger partial charge in [0, 0.05) is 20.3 Å². The minimum atomic E-state index is -2.91. The van der Waals surface area contributed by atoms with Crippen molar-refractivity contribution >= 4 is 17.8 Å². The normalized spacial score (nSPS) is 45.7. The van der Waals surface area contributed by atoms with Crippen molar-refractivity contribution in [1.29, 1.82) is 0 Å². The van der Waals surface area contributed by atoms with Crippen LogP contribution < -0.4 is 10.6 Å². The van der Waals surface area contributed by atoms with Crippen molar-refractivity contribution in [1.82, 2.24) is 10.6 Å². The highest BCUT2D eigenvalue weighted by Crippen LogP contribution is 2.36. The second kappa shape index (κ2) is 19.1. The number of nitrogens with one attached hydrogen (secondary N) is 2. The highest BCUT2D eigenvalue weighted by Gasteiger charge is 2.58. The van der Waals surface area contributed by atoms with Crippen LogP contribution in [0, 0.1) is 0 Å². The van der Waals surface area contributed by atoms with Crippen LogP contribution in [0.5, 0.6) is 0 Å². The lowest BCUT2D eigenvalue weighted by atomic mass is 9.88. The van der Waals surface area contributed by atoms with Gasteiger partial charge in [0.25, 0.3) is 5.79 Å². The summed E-state index contributed by atoms with van der Waals surface area (Å²) >= 11 is 0. The largest absolute Gasteiger partial charge is 0.477 e. The van der Waals surface area contributed by atoms with Crippen LogP contribution in [0.2, 0.25) is 0 Å². The molecule has 0 bridgehead atoms. The number of aliphatic carboxylic acids is 1. The zero-order valence-corrected chi connectivity index (χ0v) is 30.3. The predicted molar refractivity (Wildman–Crippen MR) is 173 cm³/mol. The predicted octanol–water partition coefficient (Wildman–Crippen LogP) is -9.23. The topological polar surface area (TPSA) is 403 Å². The first-order valence-corrected chi connectivity index (χ1v) is 17.6. The van der Waals surface area contributed by atoms with Gasteiger partial charge in [-0.2, -0.15) is 0 Å². The van der Waals surface area contributed by atoms with E-state index in [4.69, 9.17) is 33.2 Å². The van der Waals surface area contributed by atoms with Crippen LogP contribution in [0.1, 0.15) is 27.2 Å². The number of rotatable bonds is 14. The number of hydrogen-bond acceptors (Lipinski definition) is 22. The number of carbonyl (C=O) groups is 3. The van der Waals surface area contributed by atoms with Gasteiger partial charge in [0.05, 0.1) is 38.1 Å². The van der Waals surface area contributed by atoms with Gasteiger partial charge in [0.2, 0.25) is 11.8 Å². The van der Waals surface area contributed by atoms with E-state index < -0.39 is 172 Å². The molecule has 0 aromatic carbocycles. The maximum Gasteiger partial charge on any atom is 0.364 e. The molecule has 0 spiro atoms. The summed E-state index contributed by atoms with van der Waals surface area (Å²) in [5.41, 5.74) is 0. The minimum absolute atomic E-state index is 0.750. The number of ether oxygens (including phenoxy) is 7. The fourth-order valence-corrected chi connectivity index (χ4v) is 6.88. The average molecular weight is 821 g/mol. The van der Waals surface area contributed by atoms with Crippen molar-refractivity contribution in [2.45, 2.75) is 155 Å². The summed E-state index contributed by atoms with van der Waals surface area (Å²) in [6, 6.07) is -3.13. The number of carbonyl (C=O) groups excluding carboxylic acids is 2. The SMILES string of the molecule is CC(=O)N[C@H]1[C@H]([C@H](O)[C@H](O)CO)O[C@@](OC[C@H]2O[C@@H](O[C@H]3[C@H](O[C@@H]4O[C@@H](C)[C@@H](O)[C@@H](O)[C@@H]4O)[C@@H](NC(C)=O)C(O)O[C@@H]3CO)[C@H](O)[C@@H](O)[C@H]2O)(C(=O)O)C[C@@H]1O. The lowest BCUT2D eigenvalue weighted by molar-refractivity contribution is -0.375. The van der Waals surface area contributed by atoms with Crippen molar-refractivity contribution < 1.29 is 114 Å². The van der Waals surface area contributed by atoms with Gasteiger partial charge in [-0.25, -0.2) is 4.79 Å². The van der Waals surface area contributed by atoms with Crippen molar-refractivity contribution in [3.63, 3.8) is 0 Å². The molecule has 1 unspecified atom stereocenters. The molecule has 0 radical (unpaired) electrons. The second-order valence-electron chi connectivity index (χ2n) is 14.1. The summed E-state index contributed by atoms with van der Waals surface area (Å²) in [6.45, 7) is 0.389. The van der Waals surface area contributed by atoms with Crippen LogP contribution in [-0.4, -0.2) is 232 Å². The number of aliphatic hydroxyl groups excluding tert-OH is 12. The summed E-state index contributed by atoms with van der Waals surface area (Å²) in [4.78, 5) is 36.6. The average Bonchev–Trinajstić information content (AvgIpc) is 3.14. The standard InChI is InChI=1S/C31H52N2O23/c1-8-17(40)20(43)22(45)28(51-8)55-26-16(33-10(3)37)27(47)52-13(6-35)24(26)54-29-23(46)21(44)19(42)14(53-29)7-50-31(30(48)49)4-11(38)15(32-9(2)36)25(56-31)18(41)12(39)5-34/h8,11-29,34-35,38-47H,4-7H2,1-3H3,(H,32,36)(H,33,37)(H,48,49)/t8-,11-,12+,13+,14+,15+,16+,17+,18+,19-,20+,21-,22-,23+,24+,25+,26+,27?,28-,29-,31+/m0/s1. The summed E-state index contributed by atoms with van der Waals surface area (Å²) < 4.78 is 39.4. The highest BCUT2D eigenvalue weighted by atomic mass is 16.8. The summed E-state index contributed by atoms with van der Waals surface area (Å²) in [5, 5.41) is 141. The van der Waals surface area contributed by atoms with Crippen molar-refractivity contribution in [3.8, 4) is 0 Å². The van der Waals surface area contributed by atoms with Gasteiger partial charge in [-0.15, -0.1) is 0 Å². The number of carboxylic acids is 1. The molecule has 21 atom stereocenters. The van der Waals surface area contributed by atoms with E-state index in [1.807, 2.05) is 0 Å². The molecule has 0 aliphatic carbocycles. The molecule has 4 heterocycles. The van der Waals surface area contributed by atoms with Gasteiger partial charge in [-0.1, -0.05) is 0 Å². The van der Waals surface area contributed by atoms with E-state index in [1.165, 1.54) is 6.92 Å². The zero-order chi connectivity index (χ0) is 42.0. The van der Waals surface area contributed by atoms with Crippen LogP contribution in [0.15, 0.2) is 0 Å². The van der Waals surface area contributed by atoms with Gasteiger partial charge in [0.15, 0.2) is 18.9 Å². The molecule has 4 saturated heterocycles. The van der Waals surface area contributed by atoms with Gasteiger partial charge in [0.1, 0.15) is 85.4 Å². The summed E-state index contributed by atoms with van der Waals surface area (Å²) in [7, 11) is 0. The Morgan fingerprint density at radius 2 is 1.30 bits per heavy atom. The fourth-order valence-electron chi connectivity index (χ4n) is 6.88. The van der Waals surface area contributed by atoms with E-state index in [2.05, 4.69) is 10.6 Å². The number of carboxylic acid groups (broad SMARTS) is 1. The molecule has 25 nitrogen and oxygen atoms in total. The highest BCUT2D eigenvalue weighted by molar-refractivity contribution is 5.76. The molecule has 4 fully saturated rings.